The van der Waals surface area contributed by atoms with Gasteiger partial charge in [0.2, 0.25) is 0 Å². The van der Waals surface area contributed by atoms with E-state index in [2.05, 4.69) is 35.2 Å². The van der Waals surface area contributed by atoms with E-state index in [9.17, 15) is 4.79 Å². The van der Waals surface area contributed by atoms with E-state index in [1.54, 1.807) is 7.11 Å². The minimum atomic E-state index is 0.426. The Bertz CT molecular complexity index is 804. The largest absolute Gasteiger partial charge is 0.496 e. The number of rotatable bonds is 7. The molecule has 2 aromatic carbocycles. The average molecular weight is 365 g/mol. The number of aryl methyl sites for hydroxylation is 1. The third-order valence-corrected chi connectivity index (χ3v) is 5.96. The predicted molar refractivity (Wildman–Crippen MR) is 106 cm³/mol. The van der Waals surface area contributed by atoms with Crippen molar-refractivity contribution in [3.05, 3.63) is 59.2 Å². The summed E-state index contributed by atoms with van der Waals surface area (Å²) >= 11 is 0. The second-order valence-corrected chi connectivity index (χ2v) is 7.52. The molecule has 2 aromatic rings. The Morgan fingerprint density at radius 1 is 1.26 bits per heavy atom. The topological polar surface area (TPSA) is 38.8 Å². The zero-order chi connectivity index (χ0) is 18.6. The maximum Gasteiger partial charge on any atom is 0.133 e. The smallest absolute Gasteiger partial charge is 0.133 e. The molecule has 4 rings (SSSR count). The highest BCUT2D eigenvalue weighted by atomic mass is 16.5. The number of methoxy groups -OCH3 is 1. The van der Waals surface area contributed by atoms with Gasteiger partial charge in [0.1, 0.15) is 17.8 Å². The number of aldehydes is 1. The number of hydrogen-bond acceptors (Lipinski definition) is 4. The highest BCUT2D eigenvalue weighted by Crippen LogP contribution is 2.36. The molecule has 0 aromatic heterocycles. The number of hydrogen-bond donors (Lipinski definition) is 0. The van der Waals surface area contributed by atoms with Crippen molar-refractivity contribution < 1.29 is 14.3 Å². The number of nitrogens with zero attached hydrogens (tertiary/aromatic N) is 1. The number of fused-ring (bicyclic) bond motifs is 1. The number of benzene rings is 2. The van der Waals surface area contributed by atoms with Gasteiger partial charge in [-0.3, -0.25) is 4.90 Å². The third kappa shape index (κ3) is 3.86. The van der Waals surface area contributed by atoms with Crippen LogP contribution >= 0.6 is 0 Å². The van der Waals surface area contributed by atoms with Crippen molar-refractivity contribution in [2.24, 2.45) is 0 Å². The summed E-state index contributed by atoms with van der Waals surface area (Å²) in [7, 11) is 1.72. The molecule has 4 nitrogen and oxygen atoms in total. The molecule has 27 heavy (non-hydrogen) atoms. The lowest BCUT2D eigenvalue weighted by molar-refractivity contribution is -0.109. The molecule has 0 bridgehead atoms. The van der Waals surface area contributed by atoms with Crippen LogP contribution in [0.1, 0.15) is 35.4 Å². The van der Waals surface area contributed by atoms with Crippen LogP contribution in [0.5, 0.6) is 11.5 Å². The Labute approximate surface area is 161 Å². The molecule has 2 atom stereocenters. The number of likely N-dealkylation sites (tertiary alicyclic amines) is 1. The van der Waals surface area contributed by atoms with Crippen LogP contribution in [0.4, 0.5) is 0 Å². The number of carbonyl (C=O) groups is 1. The van der Waals surface area contributed by atoms with Gasteiger partial charge in [-0.2, -0.15) is 0 Å². The first kappa shape index (κ1) is 18.1. The van der Waals surface area contributed by atoms with Crippen LogP contribution in [-0.2, 0) is 17.6 Å². The summed E-state index contributed by atoms with van der Waals surface area (Å²) in [5.41, 5.74) is 3.95. The molecule has 142 valence electrons. The van der Waals surface area contributed by atoms with E-state index in [0.29, 0.717) is 18.5 Å². The molecule has 0 aliphatic carbocycles. The summed E-state index contributed by atoms with van der Waals surface area (Å²) < 4.78 is 11.1. The normalized spacial score (nSPS) is 21.7. The Morgan fingerprint density at radius 3 is 3.00 bits per heavy atom. The lowest BCUT2D eigenvalue weighted by Crippen LogP contribution is -2.31. The molecular formula is C23H27NO3. The van der Waals surface area contributed by atoms with Gasteiger partial charge < -0.3 is 14.3 Å². The fourth-order valence-corrected chi connectivity index (χ4v) is 4.54. The minimum absolute atomic E-state index is 0.426. The van der Waals surface area contributed by atoms with Crippen molar-refractivity contribution in [3.63, 3.8) is 0 Å². The molecule has 4 heteroatoms. The highest BCUT2D eigenvalue weighted by molar-refractivity contribution is 5.52. The minimum Gasteiger partial charge on any atom is -0.496 e. The molecule has 2 aliphatic heterocycles. The molecule has 2 aliphatic rings. The van der Waals surface area contributed by atoms with Crippen molar-refractivity contribution in [3.8, 4) is 11.5 Å². The zero-order valence-corrected chi connectivity index (χ0v) is 15.9. The fourth-order valence-electron chi connectivity index (χ4n) is 4.54. The van der Waals surface area contributed by atoms with Gasteiger partial charge in [-0.1, -0.05) is 30.3 Å². The van der Waals surface area contributed by atoms with Crippen LogP contribution in [0.25, 0.3) is 0 Å². The summed E-state index contributed by atoms with van der Waals surface area (Å²) in [4.78, 5) is 13.5. The first-order chi connectivity index (χ1) is 13.3. The molecule has 0 radical (unpaired) electrons. The lowest BCUT2D eigenvalue weighted by atomic mass is 9.92. The average Bonchev–Trinajstić information content (AvgIpc) is 3.33. The number of carbonyl (C=O) groups excluding carboxylic acids is 1. The van der Waals surface area contributed by atoms with Crippen LogP contribution in [0.3, 0.4) is 0 Å². The van der Waals surface area contributed by atoms with Crippen molar-refractivity contribution in [2.75, 3.05) is 26.8 Å². The van der Waals surface area contributed by atoms with Gasteiger partial charge in [-0.05, 0) is 54.0 Å². The third-order valence-electron chi connectivity index (χ3n) is 5.96. The molecular weight excluding hydrogens is 338 g/mol. The summed E-state index contributed by atoms with van der Waals surface area (Å²) in [5, 5.41) is 0. The van der Waals surface area contributed by atoms with Crippen molar-refractivity contribution in [1.82, 2.24) is 4.90 Å². The van der Waals surface area contributed by atoms with Gasteiger partial charge in [0.15, 0.2) is 0 Å². The Hall–Kier alpha value is -2.33. The lowest BCUT2D eigenvalue weighted by Gasteiger charge is -2.22. The molecule has 1 unspecified atom stereocenters. The molecule has 0 amide bonds. The summed E-state index contributed by atoms with van der Waals surface area (Å²) in [6.45, 7) is 2.26. The van der Waals surface area contributed by atoms with Crippen LogP contribution in [0.15, 0.2) is 42.5 Å². The van der Waals surface area contributed by atoms with E-state index >= 15 is 0 Å². The Kier molecular flexibility index (Phi) is 5.44. The SMILES string of the molecule is COc1ccccc1CC[C@H]1CC(c2ccc3c(c2)CCO3)CN1CC=O. The van der Waals surface area contributed by atoms with E-state index in [1.165, 1.54) is 16.7 Å². The number of para-hydroxylation sites is 1. The first-order valence-corrected chi connectivity index (χ1v) is 9.83. The fraction of sp³-hybridized carbons (Fsp3) is 0.435. The van der Waals surface area contributed by atoms with Crippen LogP contribution in [0, 0.1) is 0 Å². The summed E-state index contributed by atoms with van der Waals surface area (Å²) in [5.74, 6) is 2.47. The van der Waals surface area contributed by atoms with E-state index < -0.39 is 0 Å². The molecule has 0 N–H and O–H groups in total. The predicted octanol–water partition coefficient (Wildman–Crippen LogP) is 3.62. The van der Waals surface area contributed by atoms with Gasteiger partial charge in [0, 0.05) is 19.0 Å². The summed E-state index contributed by atoms with van der Waals surface area (Å²) in [6, 6.07) is 15.3. The monoisotopic (exact) mass is 365 g/mol. The van der Waals surface area contributed by atoms with Gasteiger partial charge in [-0.15, -0.1) is 0 Å². The van der Waals surface area contributed by atoms with Crippen molar-refractivity contribution in [2.45, 2.75) is 37.6 Å². The van der Waals surface area contributed by atoms with Crippen molar-refractivity contribution in [1.29, 1.82) is 0 Å². The zero-order valence-electron chi connectivity index (χ0n) is 15.9. The highest BCUT2D eigenvalue weighted by Gasteiger charge is 2.33. The van der Waals surface area contributed by atoms with E-state index in [1.807, 2.05) is 12.1 Å². The van der Waals surface area contributed by atoms with E-state index in [0.717, 1.165) is 56.6 Å². The van der Waals surface area contributed by atoms with E-state index in [4.69, 9.17) is 9.47 Å². The van der Waals surface area contributed by atoms with Gasteiger partial charge in [0.25, 0.3) is 0 Å². The maximum absolute atomic E-state index is 11.2. The van der Waals surface area contributed by atoms with E-state index in [-0.39, 0.29) is 0 Å². The first-order valence-electron chi connectivity index (χ1n) is 9.83. The second-order valence-electron chi connectivity index (χ2n) is 7.52. The van der Waals surface area contributed by atoms with Gasteiger partial charge >= 0.3 is 0 Å². The molecule has 0 saturated carbocycles. The van der Waals surface area contributed by atoms with Gasteiger partial charge in [0.05, 0.1) is 20.3 Å². The van der Waals surface area contributed by atoms with Gasteiger partial charge in [-0.25, -0.2) is 0 Å². The second kappa shape index (κ2) is 8.13. The van der Waals surface area contributed by atoms with Crippen LogP contribution < -0.4 is 9.47 Å². The van der Waals surface area contributed by atoms with Crippen molar-refractivity contribution >= 4 is 6.29 Å². The molecule has 1 saturated heterocycles. The standard InChI is InChI=1S/C23H27NO3/c1-26-22-5-3-2-4-17(22)6-8-21-15-20(16-24(21)11-12-25)18-7-9-23-19(14-18)10-13-27-23/h2-5,7,9,12,14,20-21H,6,8,10-11,13,15-16H2,1H3/t20?,21-/m0/s1. The Balaban J connectivity index is 1.46. The summed E-state index contributed by atoms with van der Waals surface area (Å²) in [6.07, 6.45) is 5.15. The maximum atomic E-state index is 11.2. The quantitative estimate of drug-likeness (QED) is 0.703. The van der Waals surface area contributed by atoms with Crippen LogP contribution in [0.2, 0.25) is 0 Å². The Morgan fingerprint density at radius 2 is 2.15 bits per heavy atom. The number of ether oxygens (including phenoxy) is 2. The van der Waals surface area contributed by atoms with Crippen LogP contribution in [-0.4, -0.2) is 44.0 Å². The molecule has 1 fully saturated rings. The molecule has 0 spiro atoms. The molecule has 2 heterocycles.